The Morgan fingerprint density at radius 1 is 1.33 bits per heavy atom. The smallest absolute Gasteiger partial charge is 0.461 e. The van der Waals surface area contributed by atoms with Gasteiger partial charge in [0.15, 0.2) is 5.69 Å². The summed E-state index contributed by atoms with van der Waals surface area (Å²) < 4.78 is 83.9. The summed E-state index contributed by atoms with van der Waals surface area (Å²) in [6, 6.07) is -0.0732. The third-order valence-corrected chi connectivity index (χ3v) is 3.65. The molecule has 0 aromatic carbocycles. The molecule has 1 unspecified atom stereocenters. The van der Waals surface area contributed by atoms with E-state index >= 15 is 0 Å². The van der Waals surface area contributed by atoms with Gasteiger partial charge in [0.05, 0.1) is 18.2 Å². The first-order valence-corrected chi connectivity index (χ1v) is 7.92. The minimum atomic E-state index is -5.10. The summed E-state index contributed by atoms with van der Waals surface area (Å²) in [7, 11) is 0. The zero-order valence-corrected chi connectivity index (χ0v) is 14.4. The molecule has 12 heteroatoms. The van der Waals surface area contributed by atoms with Gasteiger partial charge in [-0.2, -0.15) is 13.2 Å². The van der Waals surface area contributed by atoms with Crippen molar-refractivity contribution in [2.45, 2.75) is 31.9 Å². The van der Waals surface area contributed by atoms with E-state index in [1.807, 2.05) is 0 Å². The number of carbonyl (C=O) groups is 1. The molecule has 1 atom stereocenters. The van der Waals surface area contributed by atoms with Crippen LogP contribution in [0.4, 0.5) is 26.3 Å². The van der Waals surface area contributed by atoms with E-state index in [1.165, 1.54) is 13.0 Å². The standard InChI is InChI=1S/C15H13ClF6N2O3/c1-2-26-13(25)10-5-9(16)8-3-7(23-6-14(17,18)19)4-11(12(8)24-10)27-15(20,21)22/h3,5,7,23H,2,4,6H2,1H3. The Hall–Kier alpha value is -2.01. The second kappa shape index (κ2) is 7.93. The summed E-state index contributed by atoms with van der Waals surface area (Å²) in [4.78, 5) is 15.6. The van der Waals surface area contributed by atoms with E-state index in [-0.39, 0.29) is 27.9 Å². The highest BCUT2D eigenvalue weighted by atomic mass is 35.5. The molecule has 0 spiro atoms. The van der Waals surface area contributed by atoms with Crippen molar-refractivity contribution < 1.29 is 40.6 Å². The number of halogens is 7. The maximum absolute atomic E-state index is 12.7. The van der Waals surface area contributed by atoms with Crippen LogP contribution in [0.5, 0.6) is 0 Å². The predicted octanol–water partition coefficient (Wildman–Crippen LogP) is 2.26. The molecule has 0 radical (unpaired) electrons. The maximum Gasteiger partial charge on any atom is 0.572 e. The molecule has 0 saturated carbocycles. The van der Waals surface area contributed by atoms with E-state index in [1.54, 1.807) is 0 Å². The molecule has 1 aromatic rings. The highest BCUT2D eigenvalue weighted by Crippen LogP contribution is 2.25. The normalized spacial score (nSPS) is 17.2. The fraction of sp³-hybridized carbons (Fsp3) is 0.467. The van der Waals surface area contributed by atoms with E-state index in [0.29, 0.717) is 0 Å². The molecular formula is C15H13ClF6N2O3. The highest BCUT2D eigenvalue weighted by molar-refractivity contribution is 6.31. The lowest BCUT2D eigenvalue weighted by Crippen LogP contribution is -2.45. The second-order valence-electron chi connectivity index (χ2n) is 5.42. The lowest BCUT2D eigenvalue weighted by molar-refractivity contribution is -0.292. The number of alkyl halides is 6. The van der Waals surface area contributed by atoms with Crippen LogP contribution < -0.4 is 15.9 Å². The number of nitrogens with one attached hydrogen (secondary N) is 1. The molecule has 0 fully saturated rings. The van der Waals surface area contributed by atoms with Crippen molar-refractivity contribution in [1.82, 2.24) is 10.3 Å². The molecule has 0 amide bonds. The minimum Gasteiger partial charge on any atom is -0.461 e. The highest BCUT2D eigenvalue weighted by Gasteiger charge is 2.35. The van der Waals surface area contributed by atoms with E-state index < -0.39 is 43.3 Å². The van der Waals surface area contributed by atoms with E-state index in [9.17, 15) is 31.1 Å². The van der Waals surface area contributed by atoms with Gasteiger partial charge >= 0.3 is 18.5 Å². The Morgan fingerprint density at radius 3 is 2.56 bits per heavy atom. The zero-order valence-electron chi connectivity index (χ0n) is 13.7. The number of hydrogen-bond donors (Lipinski definition) is 1. The molecule has 27 heavy (non-hydrogen) atoms. The topological polar surface area (TPSA) is 60.5 Å². The summed E-state index contributed by atoms with van der Waals surface area (Å²) in [5, 5.41) is 1.44. The molecule has 0 saturated heterocycles. The Labute approximate surface area is 153 Å². The van der Waals surface area contributed by atoms with Gasteiger partial charge in [0.25, 0.3) is 0 Å². The van der Waals surface area contributed by atoms with Gasteiger partial charge < -0.3 is 14.8 Å². The average molecular weight is 419 g/mol. The fourth-order valence-corrected chi connectivity index (χ4v) is 2.62. The maximum atomic E-state index is 12.7. The van der Waals surface area contributed by atoms with E-state index in [0.717, 1.165) is 6.07 Å². The number of esters is 1. The Kier molecular flexibility index (Phi) is 6.25. The van der Waals surface area contributed by atoms with Gasteiger partial charge in [-0.05, 0) is 13.0 Å². The minimum absolute atomic E-state index is 0.000398. The molecule has 1 aliphatic rings. The summed E-state index contributed by atoms with van der Waals surface area (Å²) in [5.41, 5.74) is -0.348. The summed E-state index contributed by atoms with van der Waals surface area (Å²) in [6.45, 7) is 0.0993. The number of hydrogen-bond acceptors (Lipinski definition) is 5. The van der Waals surface area contributed by atoms with Crippen molar-refractivity contribution in [3.63, 3.8) is 0 Å². The van der Waals surface area contributed by atoms with Crippen LogP contribution in [0.3, 0.4) is 0 Å². The molecule has 0 bridgehead atoms. The van der Waals surface area contributed by atoms with Crippen LogP contribution in [0.25, 0.3) is 11.8 Å². The van der Waals surface area contributed by atoms with Crippen molar-refractivity contribution in [2.75, 3.05) is 13.2 Å². The summed E-state index contributed by atoms with van der Waals surface area (Å²) in [5.74, 6) is -1.67. The van der Waals surface area contributed by atoms with Crippen LogP contribution in [0.15, 0.2) is 6.07 Å². The SMILES string of the molecule is CCOC(=O)c1cc(Cl)c2c(n1)=C(OC(F)(F)F)CC(NCC(F)(F)F)C=2. The van der Waals surface area contributed by atoms with Crippen LogP contribution in [0.2, 0.25) is 5.02 Å². The quantitative estimate of drug-likeness (QED) is 0.587. The van der Waals surface area contributed by atoms with Gasteiger partial charge in [-0.3, -0.25) is 0 Å². The predicted molar refractivity (Wildman–Crippen MR) is 81.9 cm³/mol. The van der Waals surface area contributed by atoms with Crippen molar-refractivity contribution in [3.05, 3.63) is 27.4 Å². The first-order chi connectivity index (χ1) is 12.4. The molecule has 150 valence electrons. The largest absolute Gasteiger partial charge is 0.572 e. The zero-order chi connectivity index (χ0) is 20.4. The molecule has 2 rings (SSSR count). The molecule has 0 aliphatic heterocycles. The fourth-order valence-electron chi connectivity index (χ4n) is 2.37. The molecule has 1 aromatic heterocycles. The lowest BCUT2D eigenvalue weighted by atomic mass is 10.0. The number of nitrogens with zero attached hydrogens (tertiary/aromatic N) is 1. The summed E-state index contributed by atoms with van der Waals surface area (Å²) in [6.07, 6.45) is -9.03. The molecule has 1 N–H and O–H groups in total. The Balaban J connectivity index is 2.54. The molecule has 1 aliphatic carbocycles. The number of aromatic nitrogens is 1. The van der Waals surface area contributed by atoms with Crippen LogP contribution in [-0.4, -0.2) is 42.7 Å². The van der Waals surface area contributed by atoms with Crippen molar-refractivity contribution in [3.8, 4) is 0 Å². The third kappa shape index (κ3) is 5.99. The number of carbonyl (C=O) groups excluding carboxylic acids is 1. The van der Waals surface area contributed by atoms with Gasteiger partial charge in [0.1, 0.15) is 11.1 Å². The van der Waals surface area contributed by atoms with E-state index in [4.69, 9.17) is 16.3 Å². The third-order valence-electron chi connectivity index (χ3n) is 3.33. The Morgan fingerprint density at radius 2 is 2.00 bits per heavy atom. The van der Waals surface area contributed by atoms with Gasteiger partial charge in [-0.15, -0.1) is 13.2 Å². The van der Waals surface area contributed by atoms with E-state index in [2.05, 4.69) is 15.0 Å². The van der Waals surface area contributed by atoms with Gasteiger partial charge in [-0.25, -0.2) is 9.78 Å². The van der Waals surface area contributed by atoms with Crippen LogP contribution >= 0.6 is 11.6 Å². The van der Waals surface area contributed by atoms with Crippen LogP contribution in [0.1, 0.15) is 23.8 Å². The van der Waals surface area contributed by atoms with Crippen molar-refractivity contribution >= 4 is 29.4 Å². The van der Waals surface area contributed by atoms with Gasteiger partial charge in [0, 0.05) is 17.7 Å². The van der Waals surface area contributed by atoms with Crippen molar-refractivity contribution in [1.29, 1.82) is 0 Å². The first kappa shape index (κ1) is 21.3. The second-order valence-corrected chi connectivity index (χ2v) is 5.82. The summed E-state index contributed by atoms with van der Waals surface area (Å²) >= 11 is 6.00. The molecular weight excluding hydrogens is 406 g/mol. The number of rotatable bonds is 5. The average Bonchev–Trinajstić information content (AvgIpc) is 2.51. The Bertz CT molecular complexity index is 838. The first-order valence-electron chi connectivity index (χ1n) is 7.54. The number of fused-ring (bicyclic) bond motifs is 1. The molecule has 1 heterocycles. The lowest BCUT2D eigenvalue weighted by Gasteiger charge is -2.22. The number of pyridine rings is 1. The van der Waals surface area contributed by atoms with Gasteiger partial charge in [0.2, 0.25) is 0 Å². The van der Waals surface area contributed by atoms with Gasteiger partial charge in [-0.1, -0.05) is 17.7 Å². The monoisotopic (exact) mass is 418 g/mol. The number of ether oxygens (including phenoxy) is 2. The van der Waals surface area contributed by atoms with Crippen LogP contribution in [-0.2, 0) is 9.47 Å². The molecule has 5 nitrogen and oxygen atoms in total. The van der Waals surface area contributed by atoms with Crippen LogP contribution in [0, 0.1) is 0 Å². The van der Waals surface area contributed by atoms with Crippen molar-refractivity contribution in [2.24, 2.45) is 0 Å².